The average molecular weight is 262 g/mol. The van der Waals surface area contributed by atoms with Crippen LogP contribution in [0.1, 0.15) is 36.9 Å². The van der Waals surface area contributed by atoms with Gasteiger partial charge in [0, 0.05) is 19.5 Å². The first-order valence-electron chi connectivity index (χ1n) is 6.97. The van der Waals surface area contributed by atoms with Crippen LogP contribution in [-0.2, 0) is 16.1 Å². The second-order valence-corrected chi connectivity index (χ2v) is 4.82. The van der Waals surface area contributed by atoms with Crippen molar-refractivity contribution in [3.05, 3.63) is 35.4 Å². The largest absolute Gasteiger partial charge is 0.375 e. The van der Waals surface area contributed by atoms with Gasteiger partial charge in [0.2, 0.25) is 5.91 Å². The molecule has 4 heteroatoms. The van der Waals surface area contributed by atoms with Crippen LogP contribution in [0.15, 0.2) is 24.3 Å². The first kappa shape index (κ1) is 14.0. The van der Waals surface area contributed by atoms with Crippen LogP contribution < -0.4 is 10.6 Å². The first-order valence-corrected chi connectivity index (χ1v) is 6.97. The Morgan fingerprint density at radius 2 is 2.21 bits per heavy atom. The number of fused-ring (bicyclic) bond motifs is 1. The molecule has 1 amide bonds. The molecule has 1 atom stereocenters. The maximum absolute atomic E-state index is 11.5. The SMILES string of the molecule is CCCNC(=O)CCNC1COCc2ccccc21. The fourth-order valence-electron chi connectivity index (χ4n) is 2.26. The van der Waals surface area contributed by atoms with Crippen molar-refractivity contribution < 1.29 is 9.53 Å². The number of hydrogen-bond acceptors (Lipinski definition) is 3. The van der Waals surface area contributed by atoms with Crippen LogP contribution in [0.25, 0.3) is 0 Å². The van der Waals surface area contributed by atoms with E-state index in [9.17, 15) is 4.79 Å². The van der Waals surface area contributed by atoms with E-state index in [4.69, 9.17) is 4.74 Å². The standard InChI is InChI=1S/C15H22N2O2/c1-2-8-17-15(18)7-9-16-14-11-19-10-12-5-3-4-6-13(12)14/h3-6,14,16H,2,7-11H2,1H3,(H,17,18). The van der Waals surface area contributed by atoms with Crippen molar-refractivity contribution >= 4 is 5.91 Å². The highest BCUT2D eigenvalue weighted by molar-refractivity contribution is 5.75. The average Bonchev–Trinajstić information content (AvgIpc) is 2.45. The topological polar surface area (TPSA) is 50.4 Å². The molecule has 2 N–H and O–H groups in total. The van der Waals surface area contributed by atoms with Crippen molar-refractivity contribution in [1.82, 2.24) is 10.6 Å². The minimum absolute atomic E-state index is 0.111. The summed E-state index contributed by atoms with van der Waals surface area (Å²) in [5.74, 6) is 0.111. The van der Waals surface area contributed by atoms with Crippen LogP contribution >= 0.6 is 0 Å². The third-order valence-electron chi connectivity index (χ3n) is 3.29. The Bertz CT molecular complexity index is 420. The van der Waals surface area contributed by atoms with Gasteiger partial charge in [-0.3, -0.25) is 4.79 Å². The van der Waals surface area contributed by atoms with Crippen LogP contribution in [0.5, 0.6) is 0 Å². The Balaban J connectivity index is 1.80. The molecule has 0 bridgehead atoms. The van der Waals surface area contributed by atoms with E-state index in [2.05, 4.69) is 29.7 Å². The van der Waals surface area contributed by atoms with Gasteiger partial charge in [0.15, 0.2) is 0 Å². The molecule has 0 spiro atoms. The summed E-state index contributed by atoms with van der Waals surface area (Å²) in [7, 11) is 0. The van der Waals surface area contributed by atoms with Gasteiger partial charge < -0.3 is 15.4 Å². The molecule has 1 unspecified atom stereocenters. The van der Waals surface area contributed by atoms with Crippen LogP contribution in [0.4, 0.5) is 0 Å². The maximum Gasteiger partial charge on any atom is 0.221 e. The highest BCUT2D eigenvalue weighted by Crippen LogP contribution is 2.24. The molecule has 0 aromatic heterocycles. The summed E-state index contributed by atoms with van der Waals surface area (Å²) in [6.45, 7) is 4.85. The highest BCUT2D eigenvalue weighted by atomic mass is 16.5. The number of rotatable bonds is 6. The molecular formula is C15H22N2O2. The predicted molar refractivity (Wildman–Crippen MR) is 74.8 cm³/mol. The highest BCUT2D eigenvalue weighted by Gasteiger charge is 2.19. The second-order valence-electron chi connectivity index (χ2n) is 4.82. The third kappa shape index (κ3) is 4.04. The number of carbonyl (C=O) groups is 1. The fourth-order valence-corrected chi connectivity index (χ4v) is 2.26. The van der Waals surface area contributed by atoms with Crippen molar-refractivity contribution in [2.24, 2.45) is 0 Å². The van der Waals surface area contributed by atoms with E-state index in [-0.39, 0.29) is 11.9 Å². The van der Waals surface area contributed by atoms with Gasteiger partial charge in [-0.2, -0.15) is 0 Å². The number of benzene rings is 1. The van der Waals surface area contributed by atoms with Gasteiger partial charge in [0.05, 0.1) is 19.3 Å². The van der Waals surface area contributed by atoms with Crippen molar-refractivity contribution in [3.8, 4) is 0 Å². The summed E-state index contributed by atoms with van der Waals surface area (Å²) in [6, 6.07) is 8.50. The fraction of sp³-hybridized carbons (Fsp3) is 0.533. The van der Waals surface area contributed by atoms with Crippen LogP contribution in [0.2, 0.25) is 0 Å². The second kappa shape index (κ2) is 7.26. The minimum atomic E-state index is 0.111. The summed E-state index contributed by atoms with van der Waals surface area (Å²) >= 11 is 0. The Morgan fingerprint density at radius 3 is 3.05 bits per heavy atom. The normalized spacial score (nSPS) is 17.8. The van der Waals surface area contributed by atoms with E-state index in [1.54, 1.807) is 0 Å². The predicted octanol–water partition coefficient (Wildman–Crippen LogP) is 1.76. The monoisotopic (exact) mass is 262 g/mol. The van der Waals surface area contributed by atoms with Crippen molar-refractivity contribution in [1.29, 1.82) is 0 Å². The minimum Gasteiger partial charge on any atom is -0.375 e. The van der Waals surface area contributed by atoms with Gasteiger partial charge in [0.1, 0.15) is 0 Å². The lowest BCUT2D eigenvalue weighted by Gasteiger charge is -2.26. The molecule has 0 saturated carbocycles. The Morgan fingerprint density at radius 1 is 1.37 bits per heavy atom. The molecule has 104 valence electrons. The zero-order chi connectivity index (χ0) is 13.5. The van der Waals surface area contributed by atoms with Crippen LogP contribution in [-0.4, -0.2) is 25.6 Å². The van der Waals surface area contributed by atoms with Gasteiger partial charge in [-0.05, 0) is 17.5 Å². The van der Waals surface area contributed by atoms with Gasteiger partial charge in [-0.25, -0.2) is 0 Å². The summed E-state index contributed by atoms with van der Waals surface area (Å²) in [5, 5.41) is 6.28. The summed E-state index contributed by atoms with van der Waals surface area (Å²) in [5.41, 5.74) is 2.53. The summed E-state index contributed by atoms with van der Waals surface area (Å²) < 4.78 is 5.57. The lowest BCUT2D eigenvalue weighted by Crippen LogP contribution is -2.33. The van der Waals surface area contributed by atoms with E-state index in [1.807, 2.05) is 12.1 Å². The smallest absolute Gasteiger partial charge is 0.221 e. The molecule has 1 aliphatic rings. The van der Waals surface area contributed by atoms with E-state index in [0.29, 0.717) is 26.2 Å². The molecule has 0 fully saturated rings. The number of carbonyl (C=O) groups excluding carboxylic acids is 1. The summed E-state index contributed by atoms with van der Waals surface area (Å²) in [4.78, 5) is 11.5. The van der Waals surface area contributed by atoms with E-state index in [0.717, 1.165) is 13.0 Å². The third-order valence-corrected chi connectivity index (χ3v) is 3.29. The number of ether oxygens (including phenoxy) is 1. The molecular weight excluding hydrogens is 240 g/mol. The molecule has 0 radical (unpaired) electrons. The number of amides is 1. The molecule has 0 aliphatic carbocycles. The molecule has 1 aromatic rings. The quantitative estimate of drug-likeness (QED) is 0.821. The first-order chi connectivity index (χ1) is 9.31. The van der Waals surface area contributed by atoms with Crippen LogP contribution in [0.3, 0.4) is 0 Å². The van der Waals surface area contributed by atoms with E-state index in [1.165, 1.54) is 11.1 Å². The zero-order valence-electron chi connectivity index (χ0n) is 11.4. The Labute approximate surface area is 114 Å². The van der Waals surface area contributed by atoms with Crippen molar-refractivity contribution in [2.75, 3.05) is 19.7 Å². The molecule has 1 aromatic carbocycles. The molecule has 0 saturated heterocycles. The van der Waals surface area contributed by atoms with Gasteiger partial charge >= 0.3 is 0 Å². The van der Waals surface area contributed by atoms with Gasteiger partial charge in [-0.1, -0.05) is 31.2 Å². The van der Waals surface area contributed by atoms with Crippen molar-refractivity contribution in [3.63, 3.8) is 0 Å². The number of hydrogen-bond donors (Lipinski definition) is 2. The molecule has 19 heavy (non-hydrogen) atoms. The molecule has 1 heterocycles. The lowest BCUT2D eigenvalue weighted by molar-refractivity contribution is -0.121. The molecule has 2 rings (SSSR count). The molecule has 1 aliphatic heterocycles. The van der Waals surface area contributed by atoms with Crippen molar-refractivity contribution in [2.45, 2.75) is 32.4 Å². The molecule has 4 nitrogen and oxygen atoms in total. The Kier molecular flexibility index (Phi) is 5.36. The van der Waals surface area contributed by atoms with Gasteiger partial charge in [-0.15, -0.1) is 0 Å². The zero-order valence-corrected chi connectivity index (χ0v) is 11.4. The lowest BCUT2D eigenvalue weighted by atomic mass is 9.99. The van der Waals surface area contributed by atoms with Gasteiger partial charge in [0.25, 0.3) is 0 Å². The summed E-state index contributed by atoms with van der Waals surface area (Å²) in [6.07, 6.45) is 1.49. The Hall–Kier alpha value is -1.39. The van der Waals surface area contributed by atoms with E-state index < -0.39 is 0 Å². The van der Waals surface area contributed by atoms with E-state index >= 15 is 0 Å². The maximum atomic E-state index is 11.5. The number of nitrogens with one attached hydrogen (secondary N) is 2. The van der Waals surface area contributed by atoms with Crippen LogP contribution in [0, 0.1) is 0 Å².